The lowest BCUT2D eigenvalue weighted by Crippen LogP contribution is -2.42. The van der Waals surface area contributed by atoms with E-state index in [0.717, 1.165) is 5.57 Å². The van der Waals surface area contributed by atoms with E-state index in [1.54, 1.807) is 6.08 Å². The highest BCUT2D eigenvalue weighted by Gasteiger charge is 2.40. The Morgan fingerprint density at radius 2 is 1.26 bits per heavy atom. The van der Waals surface area contributed by atoms with Gasteiger partial charge in [-0.15, -0.1) is 0 Å². The molecule has 2 aliphatic rings. The van der Waals surface area contributed by atoms with Gasteiger partial charge in [-0.3, -0.25) is 9.59 Å². The Morgan fingerprint density at radius 1 is 1.05 bits per heavy atom. The molecule has 0 amide bonds. The maximum absolute atomic E-state index is 10.3. The number of allylic oxidation sites excluding steroid dienone is 2. The molecular weight excluding hydrogens is 244 g/mol. The molecule has 108 valence electrons. The van der Waals surface area contributed by atoms with Gasteiger partial charge in [-0.25, -0.2) is 0 Å². The van der Waals surface area contributed by atoms with Crippen LogP contribution >= 0.6 is 0 Å². The van der Waals surface area contributed by atoms with Gasteiger partial charge in [0.2, 0.25) is 0 Å². The van der Waals surface area contributed by atoms with Gasteiger partial charge >= 0.3 is 11.9 Å². The third-order valence-corrected chi connectivity index (χ3v) is 2.58. The first kappa shape index (κ1) is 17.4. The average Bonchev–Trinajstić information content (AvgIpc) is 2.36. The second-order valence-corrected chi connectivity index (χ2v) is 5.97. The van der Waals surface area contributed by atoms with Crippen LogP contribution in [0.5, 0.6) is 0 Å². The molecule has 2 heterocycles. The van der Waals surface area contributed by atoms with E-state index in [9.17, 15) is 9.59 Å². The summed E-state index contributed by atoms with van der Waals surface area (Å²) in [4.78, 5) is 20.7. The number of esters is 2. The maximum Gasteiger partial charge on any atom is 0.315 e. The Balaban J connectivity index is 0.000000261. The average molecular weight is 268 g/mol. The summed E-state index contributed by atoms with van der Waals surface area (Å²) >= 11 is 0. The summed E-state index contributed by atoms with van der Waals surface area (Å²) in [7, 11) is 0. The van der Waals surface area contributed by atoms with Gasteiger partial charge in [0, 0.05) is 0 Å². The predicted octanol–water partition coefficient (Wildman–Crippen LogP) is 2.89. The Bertz CT molecular complexity index is 350. The minimum Gasteiger partial charge on any atom is -0.464 e. The van der Waals surface area contributed by atoms with Crippen molar-refractivity contribution < 1.29 is 19.1 Å². The van der Waals surface area contributed by atoms with E-state index < -0.39 is 0 Å². The molecule has 2 aliphatic heterocycles. The van der Waals surface area contributed by atoms with Gasteiger partial charge in [-0.2, -0.15) is 0 Å². The fourth-order valence-electron chi connectivity index (χ4n) is 0.840. The number of carbonyl (C=O) groups is 2. The van der Waals surface area contributed by atoms with Crippen molar-refractivity contribution in [2.75, 3.05) is 13.2 Å². The summed E-state index contributed by atoms with van der Waals surface area (Å²) in [5.74, 6) is -0.153. The van der Waals surface area contributed by atoms with Crippen molar-refractivity contribution >= 4 is 11.9 Å². The van der Waals surface area contributed by atoms with Crippen LogP contribution in [-0.4, -0.2) is 25.2 Å². The molecule has 4 nitrogen and oxygen atoms in total. The van der Waals surface area contributed by atoms with Crippen molar-refractivity contribution in [2.24, 2.45) is 10.8 Å². The van der Waals surface area contributed by atoms with Crippen LogP contribution in [0.15, 0.2) is 24.8 Å². The Morgan fingerprint density at radius 3 is 1.26 bits per heavy atom. The highest BCUT2D eigenvalue weighted by atomic mass is 16.6. The van der Waals surface area contributed by atoms with Gasteiger partial charge in [0.05, 0.1) is 10.8 Å². The molecule has 19 heavy (non-hydrogen) atoms. The van der Waals surface area contributed by atoms with E-state index in [0.29, 0.717) is 13.2 Å². The van der Waals surface area contributed by atoms with E-state index in [1.807, 2.05) is 34.6 Å². The second kappa shape index (κ2) is 6.55. The van der Waals surface area contributed by atoms with Gasteiger partial charge in [0.15, 0.2) is 0 Å². The van der Waals surface area contributed by atoms with Gasteiger partial charge < -0.3 is 9.47 Å². The van der Waals surface area contributed by atoms with Crippen molar-refractivity contribution in [1.82, 2.24) is 0 Å². The van der Waals surface area contributed by atoms with Crippen LogP contribution in [0.2, 0.25) is 0 Å². The van der Waals surface area contributed by atoms with Crippen LogP contribution in [0.3, 0.4) is 0 Å². The number of hydrogen-bond donors (Lipinski definition) is 0. The number of rotatable bonds is 1. The molecule has 0 saturated carbocycles. The molecule has 2 fully saturated rings. The number of cyclic esters (lactones) is 2. The summed E-state index contributed by atoms with van der Waals surface area (Å²) in [6, 6.07) is 0. The predicted molar refractivity (Wildman–Crippen MR) is 74.5 cm³/mol. The summed E-state index contributed by atoms with van der Waals surface area (Å²) < 4.78 is 9.01. The Hall–Kier alpha value is -1.58. The second-order valence-electron chi connectivity index (χ2n) is 5.97. The lowest BCUT2D eigenvalue weighted by molar-refractivity contribution is -0.181. The number of carbonyl (C=O) groups excluding carboxylic acids is 2. The first-order valence-electron chi connectivity index (χ1n) is 6.15. The molecule has 2 saturated heterocycles. The summed E-state index contributed by atoms with van der Waals surface area (Å²) in [5.41, 5.74) is 0.657. The molecule has 0 bridgehead atoms. The molecule has 0 aromatic heterocycles. The maximum atomic E-state index is 10.3. The molecule has 0 unspecified atom stereocenters. The zero-order valence-electron chi connectivity index (χ0n) is 12.5. The molecule has 0 aromatic rings. The quantitative estimate of drug-likeness (QED) is 0.542. The third kappa shape index (κ3) is 5.73. The molecule has 0 radical (unpaired) electrons. The van der Waals surface area contributed by atoms with Gasteiger partial charge in [-0.1, -0.05) is 24.8 Å². The largest absolute Gasteiger partial charge is 0.464 e. The number of hydrogen-bond acceptors (Lipinski definition) is 4. The van der Waals surface area contributed by atoms with Crippen molar-refractivity contribution in [3.63, 3.8) is 0 Å². The molecule has 0 aliphatic carbocycles. The van der Waals surface area contributed by atoms with Crippen molar-refractivity contribution in [2.45, 2.75) is 34.6 Å². The fourth-order valence-corrected chi connectivity index (χ4v) is 0.840. The molecular formula is C15H24O4. The van der Waals surface area contributed by atoms with E-state index >= 15 is 0 Å². The molecule has 4 heteroatoms. The van der Waals surface area contributed by atoms with Crippen LogP contribution in [0.4, 0.5) is 0 Å². The van der Waals surface area contributed by atoms with Crippen LogP contribution in [0.25, 0.3) is 0 Å². The summed E-state index contributed by atoms with van der Waals surface area (Å²) in [6.07, 6.45) is 1.72. The smallest absolute Gasteiger partial charge is 0.315 e. The zero-order valence-corrected chi connectivity index (χ0v) is 12.5. The van der Waals surface area contributed by atoms with Gasteiger partial charge in [0.25, 0.3) is 0 Å². The lowest BCUT2D eigenvalue weighted by atomic mass is 9.91. The van der Waals surface area contributed by atoms with Crippen molar-refractivity contribution in [1.29, 1.82) is 0 Å². The van der Waals surface area contributed by atoms with Crippen molar-refractivity contribution in [3.8, 4) is 0 Å². The van der Waals surface area contributed by atoms with E-state index in [-0.39, 0.29) is 22.8 Å². The number of ether oxygens (including phenoxy) is 2. The van der Waals surface area contributed by atoms with Gasteiger partial charge in [-0.05, 0) is 34.6 Å². The molecule has 0 spiro atoms. The topological polar surface area (TPSA) is 52.6 Å². The first-order valence-corrected chi connectivity index (χ1v) is 6.15. The first-order chi connectivity index (χ1) is 8.53. The van der Waals surface area contributed by atoms with Crippen LogP contribution < -0.4 is 0 Å². The monoisotopic (exact) mass is 268 g/mol. The normalized spacial score (nSPS) is 20.7. The third-order valence-electron chi connectivity index (χ3n) is 2.58. The Labute approximate surface area is 115 Å². The Kier molecular flexibility index (Phi) is 6.00. The minimum atomic E-state index is -0.181. The fraction of sp³-hybridized carbons (Fsp3) is 0.600. The van der Waals surface area contributed by atoms with Crippen molar-refractivity contribution in [3.05, 3.63) is 24.8 Å². The molecule has 0 atom stereocenters. The van der Waals surface area contributed by atoms with Crippen LogP contribution in [0, 0.1) is 10.8 Å². The van der Waals surface area contributed by atoms with E-state index in [4.69, 9.17) is 0 Å². The summed E-state index contributed by atoms with van der Waals surface area (Å²) in [5, 5.41) is 0. The van der Waals surface area contributed by atoms with Gasteiger partial charge in [0.1, 0.15) is 13.2 Å². The molecule has 0 N–H and O–H groups in total. The molecule has 0 aromatic carbocycles. The zero-order chi connectivity index (χ0) is 15.3. The lowest BCUT2D eigenvalue weighted by Gasteiger charge is -2.31. The highest BCUT2D eigenvalue weighted by molar-refractivity contribution is 5.81. The summed E-state index contributed by atoms with van der Waals surface area (Å²) in [6.45, 7) is 17.6. The SMILES string of the molecule is C=CC(=C)C.CC1(C)COC1=O.CC1(C)COC1=O. The van der Waals surface area contributed by atoms with E-state index in [1.165, 1.54) is 0 Å². The molecule has 2 rings (SSSR count). The highest BCUT2D eigenvalue weighted by Crippen LogP contribution is 2.26. The minimum absolute atomic E-state index is 0.0764. The van der Waals surface area contributed by atoms with Crippen LogP contribution in [-0.2, 0) is 19.1 Å². The van der Waals surface area contributed by atoms with E-state index in [2.05, 4.69) is 22.6 Å². The van der Waals surface area contributed by atoms with Crippen LogP contribution in [0.1, 0.15) is 34.6 Å². The standard InChI is InChI=1S/2C5H8O2.C5H8/c2*1-5(2)3-7-4(5)6;1-4-5(2)3/h2*3H2,1-2H3;4H,1-2H2,3H3.